The van der Waals surface area contributed by atoms with E-state index in [1.807, 2.05) is 0 Å². The third-order valence-corrected chi connectivity index (χ3v) is 6.66. The number of halogens is 2. The maximum Gasteiger partial charge on any atom is -0.0635 e. The first-order valence-corrected chi connectivity index (χ1v) is 13.6. The predicted octanol–water partition coefficient (Wildman–Crippen LogP) is -0.886. The molecule has 134 valence electrons. The largest absolute Gasteiger partial charge is 1.00 e. The van der Waals surface area contributed by atoms with Crippen LogP contribution >= 0.6 is 0 Å². The molecule has 0 aromatic heterocycles. The zero-order valence-corrected chi connectivity index (χ0v) is 20.6. The van der Waals surface area contributed by atoms with Crippen molar-refractivity contribution < 1.29 is 48.1 Å². The average molecular weight is 469 g/mol. The van der Waals surface area contributed by atoms with E-state index < -0.39 is 0 Å². The minimum atomic E-state index is -0.122. The van der Waals surface area contributed by atoms with Gasteiger partial charge in [0.2, 0.25) is 0 Å². The fraction of sp³-hybridized carbons (Fsp3) is 0.238. The summed E-state index contributed by atoms with van der Waals surface area (Å²) < 4.78 is 0. The van der Waals surface area contributed by atoms with Gasteiger partial charge >= 0.3 is 70.8 Å². The monoisotopic (exact) mass is 466 g/mol. The van der Waals surface area contributed by atoms with Gasteiger partial charge in [-0.25, -0.2) is 23.3 Å². The summed E-state index contributed by atoms with van der Waals surface area (Å²) in [5.41, 5.74) is 5.31. The Bertz CT molecular complexity index is 643. The van der Waals surface area contributed by atoms with Crippen LogP contribution in [0.4, 0.5) is 0 Å². The number of hydrogen-bond donors (Lipinski definition) is 0. The van der Waals surface area contributed by atoms with Gasteiger partial charge in [-0.3, -0.25) is 0 Å². The van der Waals surface area contributed by atoms with Gasteiger partial charge in [0.1, 0.15) is 0 Å². The molecule has 0 saturated heterocycles. The summed E-state index contributed by atoms with van der Waals surface area (Å²) in [6, 6.07) is 23.6. The minimum Gasteiger partial charge on any atom is -1.00 e. The molecule has 0 aliphatic heterocycles. The van der Waals surface area contributed by atoms with Crippen LogP contribution in [0.1, 0.15) is 22.3 Å². The van der Waals surface area contributed by atoms with Gasteiger partial charge in [-0.15, -0.1) is 0 Å². The van der Waals surface area contributed by atoms with Gasteiger partial charge in [0, 0.05) is 0 Å². The Labute approximate surface area is 181 Å². The fourth-order valence-corrected chi connectivity index (χ4v) is 4.05. The number of rotatable bonds is 1. The van der Waals surface area contributed by atoms with E-state index in [1.165, 1.54) is 22.3 Å². The standard InChI is InChI=1S/C7H8Si.2C7H9.2ClH.Zr/c1-8-7-5-3-2-4-6-7;2*1-6-3-4-7(2)5-6;;;/h2-6H,1H3;2*3-5H,1-2H3;2*1H;/q;2*-1;;;+2/p-2. The van der Waals surface area contributed by atoms with Gasteiger partial charge in [-0.1, -0.05) is 27.7 Å². The van der Waals surface area contributed by atoms with Gasteiger partial charge in [-0.2, -0.15) is 35.4 Å². The van der Waals surface area contributed by atoms with Crippen LogP contribution in [-0.2, 0) is 23.3 Å². The SMILES string of the molecule is C[Si](=[Zr+2])c1ccccc1.Cc1c[cH-]c(C)c1.Cc1c[cH-]c(C)c1.[Cl-].[Cl-]. The Morgan fingerprint density at radius 1 is 0.760 bits per heavy atom. The zero-order chi connectivity index (χ0) is 17.2. The van der Waals surface area contributed by atoms with Crippen LogP contribution in [-0.4, -0.2) is 5.43 Å². The Morgan fingerprint density at radius 3 is 1.32 bits per heavy atom. The van der Waals surface area contributed by atoms with Crippen molar-refractivity contribution in [1.82, 2.24) is 0 Å². The van der Waals surface area contributed by atoms with Crippen LogP contribution < -0.4 is 30.0 Å². The first kappa shape index (κ1) is 26.8. The van der Waals surface area contributed by atoms with E-state index in [1.54, 1.807) is 28.5 Å². The van der Waals surface area contributed by atoms with Crippen LogP contribution in [0.25, 0.3) is 0 Å². The van der Waals surface area contributed by atoms with Crippen LogP contribution in [0.15, 0.2) is 66.7 Å². The molecule has 0 spiro atoms. The molecule has 0 N–H and O–H groups in total. The van der Waals surface area contributed by atoms with Crippen LogP contribution in [0, 0.1) is 27.7 Å². The van der Waals surface area contributed by atoms with E-state index in [-0.39, 0.29) is 30.2 Å². The van der Waals surface area contributed by atoms with E-state index in [0.717, 1.165) is 0 Å². The summed E-state index contributed by atoms with van der Waals surface area (Å²) in [5, 5.41) is 1.56. The van der Waals surface area contributed by atoms with E-state index in [0.29, 0.717) is 0 Å². The van der Waals surface area contributed by atoms with Gasteiger partial charge in [0.15, 0.2) is 0 Å². The van der Waals surface area contributed by atoms with E-state index >= 15 is 0 Å². The maximum absolute atomic E-state index is 2.35. The quantitative estimate of drug-likeness (QED) is 0.321. The second-order valence-electron chi connectivity index (χ2n) is 5.92. The molecule has 0 radical (unpaired) electrons. The molecule has 25 heavy (non-hydrogen) atoms. The molecule has 0 saturated carbocycles. The molecule has 0 bridgehead atoms. The van der Waals surface area contributed by atoms with Crippen molar-refractivity contribution in [2.24, 2.45) is 0 Å². The van der Waals surface area contributed by atoms with E-state index in [2.05, 4.69) is 101 Å². The summed E-state index contributed by atoms with van der Waals surface area (Å²) >= 11 is 1.69. The first-order valence-electron chi connectivity index (χ1n) is 7.89. The molecule has 4 heteroatoms. The molecular formula is C21H26Cl2SiZr-2. The van der Waals surface area contributed by atoms with Crippen molar-refractivity contribution in [1.29, 1.82) is 0 Å². The average Bonchev–Trinajstić information content (AvgIpc) is 3.08. The van der Waals surface area contributed by atoms with Crippen molar-refractivity contribution in [2.45, 2.75) is 34.2 Å². The molecule has 0 fully saturated rings. The number of benzene rings is 1. The van der Waals surface area contributed by atoms with E-state index in [4.69, 9.17) is 0 Å². The van der Waals surface area contributed by atoms with Crippen molar-refractivity contribution in [3.8, 4) is 0 Å². The molecule has 3 rings (SSSR count). The first-order chi connectivity index (χ1) is 10.9. The number of aryl methyl sites for hydroxylation is 4. The summed E-state index contributed by atoms with van der Waals surface area (Å²) in [7, 11) is 0. The zero-order valence-electron chi connectivity index (χ0n) is 15.6. The predicted molar refractivity (Wildman–Crippen MR) is 101 cm³/mol. The van der Waals surface area contributed by atoms with Gasteiger partial charge in [-0.05, 0) is 0 Å². The maximum atomic E-state index is 2.35. The second kappa shape index (κ2) is 14.7. The second-order valence-corrected chi connectivity index (χ2v) is 13.3. The van der Waals surface area contributed by atoms with Gasteiger partial charge < -0.3 is 24.8 Å². The smallest absolute Gasteiger partial charge is 0.0635 e. The van der Waals surface area contributed by atoms with Crippen LogP contribution in [0.5, 0.6) is 0 Å². The molecule has 3 aromatic rings. The summed E-state index contributed by atoms with van der Waals surface area (Å²) in [6.45, 7) is 10.8. The molecular weight excluding hydrogens is 442 g/mol. The molecule has 0 amide bonds. The Balaban J connectivity index is 0. The fourth-order valence-electron chi connectivity index (χ4n) is 2.12. The van der Waals surface area contributed by atoms with E-state index in [9.17, 15) is 0 Å². The summed E-state index contributed by atoms with van der Waals surface area (Å²) in [6.07, 6.45) is 0. The number of hydrogen-bond acceptors (Lipinski definition) is 0. The third kappa shape index (κ3) is 12.6. The van der Waals surface area contributed by atoms with Crippen molar-refractivity contribution in [3.05, 3.63) is 89.0 Å². The van der Waals surface area contributed by atoms with Crippen LogP contribution in [0.3, 0.4) is 0 Å². The minimum absolute atomic E-state index is 0. The topological polar surface area (TPSA) is 0 Å². The summed E-state index contributed by atoms with van der Waals surface area (Å²) in [5.74, 6) is 0. The molecule has 0 unspecified atom stereocenters. The Morgan fingerprint density at radius 2 is 1.16 bits per heavy atom. The molecule has 0 heterocycles. The molecule has 0 atom stereocenters. The summed E-state index contributed by atoms with van der Waals surface area (Å²) in [4.78, 5) is 0. The molecule has 0 aliphatic rings. The molecule has 0 aliphatic carbocycles. The molecule has 3 aromatic carbocycles. The normalized spacial score (nSPS) is 8.60. The van der Waals surface area contributed by atoms with Gasteiger partial charge in [0.25, 0.3) is 0 Å². The van der Waals surface area contributed by atoms with Crippen molar-refractivity contribution in [2.75, 3.05) is 0 Å². The Hall–Kier alpha value is -0.400. The van der Waals surface area contributed by atoms with Crippen molar-refractivity contribution >= 4 is 10.6 Å². The molecule has 0 nitrogen and oxygen atoms in total. The third-order valence-electron chi connectivity index (χ3n) is 3.34. The van der Waals surface area contributed by atoms with Crippen molar-refractivity contribution in [3.63, 3.8) is 0 Å². The Kier molecular flexibility index (Phi) is 15.8. The van der Waals surface area contributed by atoms with Gasteiger partial charge in [0.05, 0.1) is 0 Å². The van der Waals surface area contributed by atoms with Crippen LogP contribution in [0.2, 0.25) is 6.55 Å².